The van der Waals surface area contributed by atoms with E-state index >= 15 is 0 Å². The molecule has 2 fully saturated rings. The van der Waals surface area contributed by atoms with Gasteiger partial charge in [0.1, 0.15) is 5.75 Å². The van der Waals surface area contributed by atoms with Gasteiger partial charge in [-0.3, -0.25) is 4.79 Å². The number of hydrogen-bond acceptors (Lipinski definition) is 3. The van der Waals surface area contributed by atoms with Crippen molar-refractivity contribution in [2.45, 2.75) is 30.6 Å². The van der Waals surface area contributed by atoms with Gasteiger partial charge < -0.3 is 9.64 Å². The highest BCUT2D eigenvalue weighted by molar-refractivity contribution is 7.99. The predicted molar refractivity (Wildman–Crippen MR) is 85.7 cm³/mol. The first-order valence-electron chi connectivity index (χ1n) is 7.82. The standard InChI is InChI=1S/C17H23NO2S/c1-20-15-4-6-16(7-5-15)21-12-13-8-10-18(11-9-13)17(19)14-2-3-14/h4-7,13-14H,2-3,8-12H2,1H3. The minimum absolute atomic E-state index is 0.371. The van der Waals surface area contributed by atoms with E-state index in [0.29, 0.717) is 11.8 Å². The first-order chi connectivity index (χ1) is 10.3. The number of carbonyl (C=O) groups excluding carboxylic acids is 1. The largest absolute Gasteiger partial charge is 0.497 e. The van der Waals surface area contributed by atoms with Gasteiger partial charge >= 0.3 is 0 Å². The monoisotopic (exact) mass is 305 g/mol. The number of hydrogen-bond donors (Lipinski definition) is 0. The van der Waals surface area contributed by atoms with Crippen molar-refractivity contribution >= 4 is 17.7 Å². The van der Waals surface area contributed by atoms with E-state index < -0.39 is 0 Å². The lowest BCUT2D eigenvalue weighted by Crippen LogP contribution is -2.39. The smallest absolute Gasteiger partial charge is 0.225 e. The third-order valence-corrected chi connectivity index (χ3v) is 5.64. The number of carbonyl (C=O) groups is 1. The Hall–Kier alpha value is -1.16. The molecule has 1 aromatic rings. The van der Waals surface area contributed by atoms with Crippen LogP contribution in [0.2, 0.25) is 0 Å². The molecule has 0 atom stereocenters. The molecule has 0 unspecified atom stereocenters. The minimum atomic E-state index is 0.371. The average molecular weight is 305 g/mol. The summed E-state index contributed by atoms with van der Waals surface area (Å²) >= 11 is 1.92. The zero-order valence-corrected chi connectivity index (χ0v) is 13.4. The van der Waals surface area contributed by atoms with Gasteiger partial charge in [0.15, 0.2) is 0 Å². The maximum absolute atomic E-state index is 12.0. The lowest BCUT2D eigenvalue weighted by Gasteiger charge is -2.32. The van der Waals surface area contributed by atoms with E-state index in [4.69, 9.17) is 4.74 Å². The number of benzene rings is 1. The van der Waals surface area contributed by atoms with E-state index in [9.17, 15) is 4.79 Å². The van der Waals surface area contributed by atoms with Gasteiger partial charge in [-0.25, -0.2) is 0 Å². The fraction of sp³-hybridized carbons (Fsp3) is 0.588. The fourth-order valence-corrected chi connectivity index (χ4v) is 3.88. The number of amides is 1. The van der Waals surface area contributed by atoms with E-state index in [1.54, 1.807) is 7.11 Å². The highest BCUT2D eigenvalue weighted by atomic mass is 32.2. The number of nitrogens with zero attached hydrogens (tertiary/aromatic N) is 1. The lowest BCUT2D eigenvalue weighted by atomic mass is 9.98. The summed E-state index contributed by atoms with van der Waals surface area (Å²) in [6.07, 6.45) is 4.54. The second-order valence-electron chi connectivity index (χ2n) is 6.03. The predicted octanol–water partition coefficient (Wildman–Crippen LogP) is 3.44. The molecule has 1 heterocycles. The summed E-state index contributed by atoms with van der Waals surface area (Å²) in [6, 6.07) is 8.27. The molecule has 114 valence electrons. The molecule has 0 spiro atoms. The highest BCUT2D eigenvalue weighted by Gasteiger charge is 2.34. The van der Waals surface area contributed by atoms with Crippen molar-refractivity contribution in [2.75, 3.05) is 26.0 Å². The topological polar surface area (TPSA) is 29.5 Å². The van der Waals surface area contributed by atoms with Crippen molar-refractivity contribution in [3.63, 3.8) is 0 Å². The van der Waals surface area contributed by atoms with Gasteiger partial charge in [-0.2, -0.15) is 0 Å². The third kappa shape index (κ3) is 3.94. The summed E-state index contributed by atoms with van der Waals surface area (Å²) in [4.78, 5) is 15.4. The highest BCUT2D eigenvalue weighted by Crippen LogP contribution is 2.33. The molecule has 1 saturated carbocycles. The Morgan fingerprint density at radius 1 is 1.19 bits per heavy atom. The van der Waals surface area contributed by atoms with Gasteiger partial charge in [0, 0.05) is 29.7 Å². The van der Waals surface area contributed by atoms with E-state index in [0.717, 1.165) is 56.2 Å². The molecule has 1 aliphatic carbocycles. The van der Waals surface area contributed by atoms with Gasteiger partial charge in [-0.15, -0.1) is 11.8 Å². The Morgan fingerprint density at radius 3 is 2.43 bits per heavy atom. The molecular formula is C17H23NO2S. The molecule has 0 N–H and O–H groups in total. The van der Waals surface area contributed by atoms with Gasteiger partial charge in [0.05, 0.1) is 7.11 Å². The summed E-state index contributed by atoms with van der Waals surface area (Å²) in [5, 5.41) is 0. The van der Waals surface area contributed by atoms with Crippen LogP contribution in [-0.4, -0.2) is 36.8 Å². The van der Waals surface area contributed by atoms with Crippen LogP contribution in [0.5, 0.6) is 5.75 Å². The maximum atomic E-state index is 12.0. The van der Waals surface area contributed by atoms with Crippen LogP contribution < -0.4 is 4.74 Å². The van der Waals surface area contributed by atoms with Crippen LogP contribution in [0, 0.1) is 11.8 Å². The first kappa shape index (κ1) is 14.8. The molecule has 3 nitrogen and oxygen atoms in total. The van der Waals surface area contributed by atoms with Crippen LogP contribution in [-0.2, 0) is 4.79 Å². The number of rotatable bonds is 5. The van der Waals surface area contributed by atoms with Crippen molar-refractivity contribution in [3.05, 3.63) is 24.3 Å². The summed E-state index contributed by atoms with van der Waals surface area (Å²) in [7, 11) is 1.69. The van der Waals surface area contributed by atoms with Crippen molar-refractivity contribution < 1.29 is 9.53 Å². The fourth-order valence-electron chi connectivity index (χ4n) is 2.79. The van der Waals surface area contributed by atoms with E-state index in [2.05, 4.69) is 17.0 Å². The number of ether oxygens (including phenoxy) is 1. The van der Waals surface area contributed by atoms with Gasteiger partial charge in [-0.1, -0.05) is 0 Å². The first-order valence-corrected chi connectivity index (χ1v) is 8.80. The molecule has 0 radical (unpaired) electrons. The van der Waals surface area contributed by atoms with Crippen molar-refractivity contribution in [3.8, 4) is 5.75 Å². The zero-order valence-electron chi connectivity index (χ0n) is 12.6. The second kappa shape index (κ2) is 6.73. The Labute approximate surface area is 131 Å². The maximum Gasteiger partial charge on any atom is 0.225 e. The Bertz CT molecular complexity index is 476. The minimum Gasteiger partial charge on any atom is -0.497 e. The molecule has 1 amide bonds. The Morgan fingerprint density at radius 2 is 1.86 bits per heavy atom. The Kier molecular flexibility index (Phi) is 4.73. The number of methoxy groups -OCH3 is 1. The number of piperidine rings is 1. The summed E-state index contributed by atoms with van der Waals surface area (Å²) in [5.41, 5.74) is 0. The van der Waals surface area contributed by atoms with Crippen molar-refractivity contribution in [2.24, 2.45) is 11.8 Å². The van der Waals surface area contributed by atoms with Gasteiger partial charge in [0.25, 0.3) is 0 Å². The normalized spacial score (nSPS) is 19.6. The van der Waals surface area contributed by atoms with Gasteiger partial charge in [0.2, 0.25) is 5.91 Å². The van der Waals surface area contributed by atoms with Crippen LogP contribution >= 0.6 is 11.8 Å². The molecule has 1 aliphatic heterocycles. The lowest BCUT2D eigenvalue weighted by molar-refractivity contribution is -0.133. The molecule has 3 rings (SSSR count). The third-order valence-electron chi connectivity index (χ3n) is 4.40. The molecule has 0 aromatic heterocycles. The SMILES string of the molecule is COc1ccc(SCC2CCN(C(=O)C3CC3)CC2)cc1. The van der Waals surface area contributed by atoms with Crippen LogP contribution in [0.4, 0.5) is 0 Å². The van der Waals surface area contributed by atoms with Crippen molar-refractivity contribution in [1.82, 2.24) is 4.90 Å². The Balaban J connectivity index is 1.41. The molecular weight excluding hydrogens is 282 g/mol. The van der Waals surface area contributed by atoms with Crippen LogP contribution in [0.1, 0.15) is 25.7 Å². The molecule has 0 bridgehead atoms. The quantitative estimate of drug-likeness (QED) is 0.781. The summed E-state index contributed by atoms with van der Waals surface area (Å²) in [6.45, 7) is 1.92. The average Bonchev–Trinajstić information content (AvgIpc) is 3.38. The zero-order chi connectivity index (χ0) is 14.7. The number of thioether (sulfide) groups is 1. The molecule has 2 aliphatic rings. The van der Waals surface area contributed by atoms with Crippen LogP contribution in [0.15, 0.2) is 29.2 Å². The van der Waals surface area contributed by atoms with Crippen LogP contribution in [0.25, 0.3) is 0 Å². The van der Waals surface area contributed by atoms with Gasteiger partial charge in [-0.05, 0) is 55.9 Å². The summed E-state index contributed by atoms with van der Waals surface area (Å²) < 4.78 is 5.18. The molecule has 1 saturated heterocycles. The molecule has 1 aromatic carbocycles. The van der Waals surface area contributed by atoms with E-state index in [1.807, 2.05) is 23.9 Å². The van der Waals surface area contributed by atoms with E-state index in [-0.39, 0.29) is 0 Å². The van der Waals surface area contributed by atoms with Crippen molar-refractivity contribution in [1.29, 1.82) is 0 Å². The van der Waals surface area contributed by atoms with Crippen LogP contribution in [0.3, 0.4) is 0 Å². The summed E-state index contributed by atoms with van der Waals surface area (Å²) in [5.74, 6) is 3.58. The van der Waals surface area contributed by atoms with E-state index in [1.165, 1.54) is 4.90 Å². The molecule has 4 heteroatoms. The second-order valence-corrected chi connectivity index (χ2v) is 7.12. The molecule has 21 heavy (non-hydrogen) atoms. The number of likely N-dealkylation sites (tertiary alicyclic amines) is 1.